The molecule has 0 atom stereocenters. The topological polar surface area (TPSA) is 0 Å². The van der Waals surface area contributed by atoms with E-state index in [4.69, 9.17) is 0 Å². The molecule has 276 valence electrons. The van der Waals surface area contributed by atoms with Crippen molar-refractivity contribution in [2.24, 2.45) is 0 Å². The van der Waals surface area contributed by atoms with Gasteiger partial charge in [-0.1, -0.05) is 194 Å². The summed E-state index contributed by atoms with van der Waals surface area (Å²) < 4.78 is 0. The van der Waals surface area contributed by atoms with Crippen molar-refractivity contribution in [2.75, 3.05) is 0 Å². The summed E-state index contributed by atoms with van der Waals surface area (Å²) in [5, 5.41) is 15.4. The smallest absolute Gasteiger partial charge is 0.000719 e. The SMILES string of the molecule is c1ccc(-c2c3c(c(-c4ccccc4)c4cc(-c5cc6c7ccccc7c(-c7ccccc7)cc6c6ccccc56)ccc24)-c2cc4ccccc4c4cccc-3c24)cc1. The molecule has 0 heterocycles. The number of hydrogen-bond donors (Lipinski definition) is 0. The summed E-state index contributed by atoms with van der Waals surface area (Å²) in [7, 11) is 0. The van der Waals surface area contributed by atoms with Crippen molar-refractivity contribution in [2.45, 2.75) is 0 Å². The van der Waals surface area contributed by atoms with Crippen molar-refractivity contribution in [3.8, 4) is 66.8 Å². The Kier molecular flexibility index (Phi) is 7.11. The fourth-order valence-electron chi connectivity index (χ4n) is 10.6. The minimum Gasteiger partial charge on any atom is -0.0622 e. The van der Waals surface area contributed by atoms with Gasteiger partial charge in [0.25, 0.3) is 0 Å². The molecule has 60 heavy (non-hydrogen) atoms. The minimum absolute atomic E-state index is 1.21. The van der Waals surface area contributed by atoms with E-state index in [-0.39, 0.29) is 0 Å². The highest BCUT2D eigenvalue weighted by Gasteiger charge is 2.31. The molecule has 0 saturated carbocycles. The fourth-order valence-corrected chi connectivity index (χ4v) is 10.6. The predicted molar refractivity (Wildman–Crippen MR) is 258 cm³/mol. The van der Waals surface area contributed by atoms with Crippen LogP contribution in [0.25, 0.3) is 131 Å². The van der Waals surface area contributed by atoms with E-state index in [0.717, 1.165) is 0 Å². The highest BCUT2D eigenvalue weighted by Crippen LogP contribution is 2.59. The van der Waals surface area contributed by atoms with Gasteiger partial charge < -0.3 is 0 Å². The average molecular weight is 757 g/mol. The van der Waals surface area contributed by atoms with Crippen molar-refractivity contribution in [1.29, 1.82) is 0 Å². The molecule has 0 saturated heterocycles. The molecule has 0 amide bonds. The van der Waals surface area contributed by atoms with Crippen molar-refractivity contribution in [3.05, 3.63) is 218 Å². The van der Waals surface area contributed by atoms with Crippen molar-refractivity contribution in [3.63, 3.8) is 0 Å². The Morgan fingerprint density at radius 2 is 0.667 bits per heavy atom. The molecule has 0 aliphatic heterocycles. The van der Waals surface area contributed by atoms with Crippen LogP contribution in [0.15, 0.2) is 218 Å². The standard InChI is InChI=1S/C60H36/c1-4-17-37(18-5-1)50-35-52-46-28-15-13-26-44(46)51(36-53(52)45-27-14-12-25-43(45)50)41-31-32-48-54(33-41)57(39-21-8-3-9-22-39)60-55-34-40-23-10-11-24-42(40)47-29-16-30-49(58(47)55)59(60)56(48)38-19-6-2-7-20-38/h1-36H. The van der Waals surface area contributed by atoms with Gasteiger partial charge in [0.1, 0.15) is 0 Å². The molecule has 0 N–H and O–H groups in total. The summed E-state index contributed by atoms with van der Waals surface area (Å²) in [5.41, 5.74) is 15.3. The molecule has 0 unspecified atom stereocenters. The molecule has 1 aliphatic carbocycles. The Labute approximate surface area is 348 Å². The molecule has 0 aromatic heterocycles. The molecular formula is C60H36. The molecule has 0 nitrogen and oxygen atoms in total. The van der Waals surface area contributed by atoms with Crippen LogP contribution in [0.2, 0.25) is 0 Å². The van der Waals surface area contributed by atoms with Crippen LogP contribution in [-0.4, -0.2) is 0 Å². The van der Waals surface area contributed by atoms with Crippen LogP contribution < -0.4 is 0 Å². The summed E-state index contributed by atoms with van der Waals surface area (Å²) in [5.74, 6) is 0. The molecule has 0 radical (unpaired) electrons. The van der Waals surface area contributed by atoms with E-state index in [9.17, 15) is 0 Å². The first-order valence-corrected chi connectivity index (χ1v) is 20.9. The Bertz CT molecular complexity index is 3730. The van der Waals surface area contributed by atoms with Crippen molar-refractivity contribution < 1.29 is 0 Å². The Morgan fingerprint density at radius 1 is 0.183 bits per heavy atom. The van der Waals surface area contributed by atoms with E-state index >= 15 is 0 Å². The maximum absolute atomic E-state index is 2.50. The lowest BCUT2D eigenvalue weighted by atomic mass is 9.81. The van der Waals surface area contributed by atoms with Crippen LogP contribution in [0.3, 0.4) is 0 Å². The van der Waals surface area contributed by atoms with E-state index in [1.165, 1.54) is 131 Å². The lowest BCUT2D eigenvalue weighted by Gasteiger charge is -2.22. The van der Waals surface area contributed by atoms with Gasteiger partial charge in [0.2, 0.25) is 0 Å². The largest absolute Gasteiger partial charge is 0.0622 e. The highest BCUT2D eigenvalue weighted by molar-refractivity contribution is 6.31. The van der Waals surface area contributed by atoms with Crippen molar-refractivity contribution >= 4 is 64.6 Å². The number of fused-ring (bicyclic) bond motifs is 11. The van der Waals surface area contributed by atoms with Gasteiger partial charge in [-0.05, 0) is 156 Å². The van der Waals surface area contributed by atoms with Gasteiger partial charge >= 0.3 is 0 Å². The van der Waals surface area contributed by atoms with Crippen LogP contribution in [-0.2, 0) is 0 Å². The number of rotatable bonds is 4. The normalized spacial score (nSPS) is 12.0. The molecule has 0 bridgehead atoms. The minimum atomic E-state index is 1.21. The molecule has 0 fully saturated rings. The molecule has 12 aromatic carbocycles. The molecule has 13 rings (SSSR count). The van der Waals surface area contributed by atoms with Gasteiger partial charge in [-0.25, -0.2) is 0 Å². The van der Waals surface area contributed by atoms with Crippen LogP contribution in [0.1, 0.15) is 0 Å². The van der Waals surface area contributed by atoms with Gasteiger partial charge in [0.15, 0.2) is 0 Å². The van der Waals surface area contributed by atoms with Gasteiger partial charge in [-0.2, -0.15) is 0 Å². The zero-order chi connectivity index (χ0) is 39.3. The van der Waals surface area contributed by atoms with Crippen LogP contribution >= 0.6 is 0 Å². The average Bonchev–Trinajstić information content (AvgIpc) is 3.64. The lowest BCUT2D eigenvalue weighted by Crippen LogP contribution is -1.94. The highest BCUT2D eigenvalue weighted by atomic mass is 14.3. The van der Waals surface area contributed by atoms with Gasteiger partial charge in [-0.15, -0.1) is 0 Å². The Balaban J connectivity index is 1.18. The summed E-state index contributed by atoms with van der Waals surface area (Å²) in [6.45, 7) is 0. The Morgan fingerprint density at radius 3 is 1.30 bits per heavy atom. The van der Waals surface area contributed by atoms with E-state index in [1.807, 2.05) is 0 Å². The van der Waals surface area contributed by atoms with Crippen molar-refractivity contribution in [1.82, 2.24) is 0 Å². The van der Waals surface area contributed by atoms with Crippen LogP contribution in [0.4, 0.5) is 0 Å². The third-order valence-electron chi connectivity index (χ3n) is 13.1. The molecular weight excluding hydrogens is 721 g/mol. The molecule has 0 spiro atoms. The Hall–Kier alpha value is -7.80. The summed E-state index contributed by atoms with van der Waals surface area (Å²) >= 11 is 0. The number of hydrogen-bond acceptors (Lipinski definition) is 0. The predicted octanol–water partition coefficient (Wildman–Crippen LogP) is 16.9. The molecule has 0 heteroatoms. The zero-order valence-corrected chi connectivity index (χ0v) is 32.8. The third-order valence-corrected chi connectivity index (χ3v) is 13.1. The second-order valence-corrected chi connectivity index (χ2v) is 16.3. The van der Waals surface area contributed by atoms with Gasteiger partial charge in [0.05, 0.1) is 0 Å². The first kappa shape index (κ1) is 33.2. The van der Waals surface area contributed by atoms with Crippen LogP contribution in [0, 0.1) is 0 Å². The fraction of sp³-hybridized carbons (Fsp3) is 0. The van der Waals surface area contributed by atoms with E-state index < -0.39 is 0 Å². The maximum Gasteiger partial charge on any atom is -0.000719 e. The van der Waals surface area contributed by atoms with Crippen LogP contribution in [0.5, 0.6) is 0 Å². The summed E-state index contributed by atoms with van der Waals surface area (Å²) in [6.07, 6.45) is 0. The first-order valence-electron chi connectivity index (χ1n) is 20.9. The van der Waals surface area contributed by atoms with E-state index in [0.29, 0.717) is 0 Å². The van der Waals surface area contributed by atoms with E-state index in [1.54, 1.807) is 0 Å². The molecule has 1 aliphatic rings. The number of benzene rings is 12. The maximum atomic E-state index is 2.50. The lowest BCUT2D eigenvalue weighted by molar-refractivity contribution is 1.62. The second-order valence-electron chi connectivity index (χ2n) is 16.3. The summed E-state index contributed by atoms with van der Waals surface area (Å²) in [4.78, 5) is 0. The monoisotopic (exact) mass is 756 g/mol. The summed E-state index contributed by atoms with van der Waals surface area (Å²) in [6, 6.07) is 81.3. The molecule has 12 aromatic rings. The second kappa shape index (κ2) is 12.9. The first-order chi connectivity index (χ1) is 29.8. The van der Waals surface area contributed by atoms with E-state index in [2.05, 4.69) is 218 Å². The van der Waals surface area contributed by atoms with Gasteiger partial charge in [-0.3, -0.25) is 0 Å². The zero-order valence-electron chi connectivity index (χ0n) is 32.8. The van der Waals surface area contributed by atoms with Gasteiger partial charge in [0, 0.05) is 0 Å². The quantitative estimate of drug-likeness (QED) is 0.157. The third kappa shape index (κ3) is 4.73.